The molecule has 4 aromatic rings. The highest BCUT2D eigenvalue weighted by atomic mass is 32.2. The Morgan fingerprint density at radius 3 is 2.69 bits per heavy atom. The smallest absolute Gasteiger partial charge is 0.234 e. The zero-order valence-corrected chi connectivity index (χ0v) is 22.5. The first-order valence-electron chi connectivity index (χ1n) is 11.4. The van der Waals surface area contributed by atoms with Crippen molar-refractivity contribution in [1.29, 1.82) is 0 Å². The van der Waals surface area contributed by atoms with Crippen LogP contribution >= 0.6 is 22.7 Å². The molecule has 10 heteroatoms. The van der Waals surface area contributed by atoms with E-state index in [1.165, 1.54) is 22.7 Å². The maximum absolute atomic E-state index is 13.0. The van der Waals surface area contributed by atoms with Gasteiger partial charge in [0.05, 0.1) is 6.54 Å². The van der Waals surface area contributed by atoms with E-state index in [-0.39, 0.29) is 5.91 Å². The molecule has 3 N–H and O–H groups in total. The highest BCUT2D eigenvalue weighted by molar-refractivity contribution is 7.93. The van der Waals surface area contributed by atoms with E-state index in [4.69, 9.17) is 10.7 Å². The number of nitrogens with zero attached hydrogens (tertiary/aromatic N) is 3. The molecule has 0 bridgehead atoms. The normalized spacial score (nSPS) is 12.4. The number of thiazole rings is 1. The van der Waals surface area contributed by atoms with Crippen LogP contribution in [-0.2, 0) is 22.5 Å². The summed E-state index contributed by atoms with van der Waals surface area (Å²) in [7, 11) is 3.73. The molecular formula is C25H29N5O2S3. The quantitative estimate of drug-likeness (QED) is 0.288. The van der Waals surface area contributed by atoms with Crippen molar-refractivity contribution >= 4 is 55.7 Å². The van der Waals surface area contributed by atoms with Gasteiger partial charge in [-0.05, 0) is 54.4 Å². The third-order valence-corrected chi connectivity index (χ3v) is 9.21. The van der Waals surface area contributed by atoms with Crippen LogP contribution in [0.2, 0.25) is 0 Å². The largest absolute Gasteiger partial charge is 0.611 e. The first-order valence-corrected chi connectivity index (χ1v) is 14.4. The van der Waals surface area contributed by atoms with Gasteiger partial charge in [-0.25, -0.2) is 9.97 Å². The molecule has 0 radical (unpaired) electrons. The molecule has 3 aromatic heterocycles. The molecule has 184 valence electrons. The molecule has 0 saturated heterocycles. The molecule has 0 aliphatic heterocycles. The number of nitrogen functional groups attached to an aromatic ring is 1. The Labute approximate surface area is 216 Å². The van der Waals surface area contributed by atoms with E-state index < -0.39 is 11.2 Å². The Balaban J connectivity index is 1.71. The fourth-order valence-electron chi connectivity index (χ4n) is 3.67. The van der Waals surface area contributed by atoms with Gasteiger partial charge >= 0.3 is 0 Å². The van der Waals surface area contributed by atoms with Crippen LogP contribution in [0.25, 0.3) is 32.0 Å². The number of anilines is 1. The topological polar surface area (TPSA) is 107 Å². The van der Waals surface area contributed by atoms with Gasteiger partial charge in [0, 0.05) is 23.5 Å². The van der Waals surface area contributed by atoms with Gasteiger partial charge in [-0.2, -0.15) is 0 Å². The summed E-state index contributed by atoms with van der Waals surface area (Å²) in [6.07, 6.45) is 3.63. The molecule has 0 fully saturated rings. The second-order valence-corrected chi connectivity index (χ2v) is 12.1. The molecule has 0 aliphatic carbocycles. The van der Waals surface area contributed by atoms with Gasteiger partial charge in [0.2, 0.25) is 10.1 Å². The van der Waals surface area contributed by atoms with Crippen LogP contribution in [0.1, 0.15) is 25.3 Å². The number of hydrogen-bond donors (Lipinski definition) is 2. The van der Waals surface area contributed by atoms with Crippen LogP contribution in [0.15, 0.2) is 46.1 Å². The van der Waals surface area contributed by atoms with Crippen LogP contribution in [0, 0.1) is 0 Å². The van der Waals surface area contributed by atoms with E-state index >= 15 is 0 Å². The number of nitrogens with one attached hydrogen (secondary N) is 1. The molecule has 3 heterocycles. The average Bonchev–Trinajstić information content (AvgIpc) is 3.49. The molecule has 7 nitrogen and oxygen atoms in total. The van der Waals surface area contributed by atoms with E-state index in [9.17, 15) is 9.35 Å². The van der Waals surface area contributed by atoms with Crippen molar-refractivity contribution in [1.82, 2.24) is 20.2 Å². The van der Waals surface area contributed by atoms with E-state index in [0.29, 0.717) is 28.7 Å². The molecular weight excluding hydrogens is 499 g/mol. The van der Waals surface area contributed by atoms with E-state index in [0.717, 1.165) is 50.5 Å². The fourth-order valence-corrected chi connectivity index (χ4v) is 7.06. The minimum atomic E-state index is -1.15. The van der Waals surface area contributed by atoms with Gasteiger partial charge in [0.1, 0.15) is 27.0 Å². The SMILES string of the molecule is CCCC[S+]([O-])c1sc2nc(-c3nccs3)cc(-c3ccc(CNC(=O)CN(C)C)cc3)c2c1N. The van der Waals surface area contributed by atoms with Gasteiger partial charge in [0.25, 0.3) is 0 Å². The van der Waals surface area contributed by atoms with Crippen molar-refractivity contribution in [2.45, 2.75) is 30.5 Å². The van der Waals surface area contributed by atoms with Crippen LogP contribution in [-0.4, -0.2) is 51.7 Å². The number of amides is 1. The summed E-state index contributed by atoms with van der Waals surface area (Å²) in [5.41, 5.74) is 10.8. The Hall–Kier alpha value is -2.50. The lowest BCUT2D eigenvalue weighted by atomic mass is 10.0. The number of likely N-dealkylation sites (N-methyl/N-ethyl adjacent to an activating group) is 1. The Bertz CT molecular complexity index is 1290. The maximum Gasteiger partial charge on any atom is 0.234 e. The van der Waals surface area contributed by atoms with Crippen molar-refractivity contribution in [3.8, 4) is 21.8 Å². The second-order valence-electron chi connectivity index (χ2n) is 8.49. The highest BCUT2D eigenvalue weighted by Crippen LogP contribution is 2.43. The zero-order chi connectivity index (χ0) is 24.9. The second kappa shape index (κ2) is 11.5. The lowest BCUT2D eigenvalue weighted by Gasteiger charge is -2.11. The van der Waals surface area contributed by atoms with Crippen molar-refractivity contribution in [3.63, 3.8) is 0 Å². The Kier molecular flexibility index (Phi) is 8.40. The number of rotatable bonds is 10. The molecule has 1 amide bonds. The number of unbranched alkanes of at least 4 members (excludes halogenated alkanes) is 1. The summed E-state index contributed by atoms with van der Waals surface area (Å²) < 4.78 is 13.7. The van der Waals surface area contributed by atoms with Crippen molar-refractivity contribution < 1.29 is 9.35 Å². The Morgan fingerprint density at radius 1 is 1.26 bits per heavy atom. The van der Waals surface area contributed by atoms with Gasteiger partial charge in [0.15, 0.2) is 0 Å². The molecule has 0 spiro atoms. The summed E-state index contributed by atoms with van der Waals surface area (Å²) in [5.74, 6) is 0.578. The predicted octanol–water partition coefficient (Wildman–Crippen LogP) is 4.75. The predicted molar refractivity (Wildman–Crippen MR) is 147 cm³/mol. The number of carbonyl (C=O) groups is 1. The molecule has 4 rings (SSSR count). The minimum absolute atomic E-state index is 0.0161. The fraction of sp³-hybridized carbons (Fsp3) is 0.320. The summed E-state index contributed by atoms with van der Waals surface area (Å²) in [5, 5.41) is 6.53. The van der Waals surface area contributed by atoms with Gasteiger partial charge in [-0.1, -0.05) is 48.9 Å². The van der Waals surface area contributed by atoms with Crippen molar-refractivity contribution in [3.05, 3.63) is 47.5 Å². The van der Waals surface area contributed by atoms with Gasteiger partial charge < -0.3 is 20.5 Å². The van der Waals surface area contributed by atoms with Crippen molar-refractivity contribution in [2.75, 3.05) is 32.1 Å². The Morgan fingerprint density at radius 2 is 2.03 bits per heavy atom. The number of carbonyl (C=O) groups excluding carboxylic acids is 1. The first kappa shape index (κ1) is 25.6. The van der Waals surface area contributed by atoms with Gasteiger partial charge in [-0.3, -0.25) is 4.79 Å². The van der Waals surface area contributed by atoms with Crippen LogP contribution in [0.5, 0.6) is 0 Å². The summed E-state index contributed by atoms with van der Waals surface area (Å²) in [6, 6.07) is 10.1. The number of fused-ring (bicyclic) bond motifs is 1. The van der Waals surface area contributed by atoms with Crippen LogP contribution in [0.3, 0.4) is 0 Å². The highest BCUT2D eigenvalue weighted by Gasteiger charge is 2.25. The summed E-state index contributed by atoms with van der Waals surface area (Å²) >= 11 is 1.79. The number of pyridine rings is 1. The third-order valence-electron chi connectivity index (χ3n) is 5.42. The lowest BCUT2D eigenvalue weighted by molar-refractivity contribution is -0.121. The summed E-state index contributed by atoms with van der Waals surface area (Å²) in [6.45, 7) is 2.90. The van der Waals surface area contributed by atoms with Gasteiger partial charge in [-0.15, -0.1) is 11.3 Å². The minimum Gasteiger partial charge on any atom is -0.611 e. The maximum atomic E-state index is 13.0. The molecule has 0 saturated carbocycles. The zero-order valence-electron chi connectivity index (χ0n) is 20.0. The third kappa shape index (κ3) is 6.02. The summed E-state index contributed by atoms with van der Waals surface area (Å²) in [4.78, 5) is 23.8. The van der Waals surface area contributed by atoms with Crippen molar-refractivity contribution in [2.24, 2.45) is 0 Å². The molecule has 0 aliphatic rings. The lowest BCUT2D eigenvalue weighted by Crippen LogP contribution is -2.32. The van der Waals surface area contributed by atoms with Crippen LogP contribution < -0.4 is 11.1 Å². The number of hydrogen-bond acceptors (Lipinski definition) is 8. The number of benzene rings is 1. The number of nitrogens with two attached hydrogens (primary N) is 1. The first-order chi connectivity index (χ1) is 16.9. The number of thiophene rings is 1. The van der Waals surface area contributed by atoms with E-state index in [1.807, 2.05) is 54.7 Å². The standard InChI is InChI=1S/C25H29N5O2S3/c1-4-5-12-35(32)25-22(26)21-18(13-19(29-24(21)34-25)23-27-10-11-33-23)17-8-6-16(7-9-17)14-28-20(31)15-30(2)3/h6-11,13H,4-5,12,14-15,26H2,1-3H3,(H,28,31). The van der Waals surface area contributed by atoms with E-state index in [1.54, 1.807) is 6.20 Å². The monoisotopic (exact) mass is 527 g/mol. The molecule has 35 heavy (non-hydrogen) atoms. The molecule has 1 unspecified atom stereocenters. The average molecular weight is 528 g/mol. The number of aromatic nitrogens is 2. The molecule has 1 aromatic carbocycles. The van der Waals surface area contributed by atoms with Crippen LogP contribution in [0.4, 0.5) is 5.69 Å². The molecule has 1 atom stereocenters. The van der Waals surface area contributed by atoms with E-state index in [2.05, 4.69) is 17.2 Å².